The minimum absolute atomic E-state index is 0.126. The van der Waals surface area contributed by atoms with E-state index in [1.807, 2.05) is 6.07 Å². The number of rotatable bonds is 1. The standard InChI is InChI=1S/C11H14BrClN2O/c1-11(2)7-15(3-4-16-11)10-9(12)5-8(13)6-14-10/h5-6H,3-4,7H2,1-2H3. The van der Waals surface area contributed by atoms with E-state index >= 15 is 0 Å². The molecule has 1 aliphatic rings. The molecule has 3 nitrogen and oxygen atoms in total. The molecule has 88 valence electrons. The summed E-state index contributed by atoms with van der Waals surface area (Å²) in [6.45, 7) is 6.59. The van der Waals surface area contributed by atoms with E-state index in [4.69, 9.17) is 16.3 Å². The van der Waals surface area contributed by atoms with Crippen LogP contribution < -0.4 is 4.90 Å². The molecule has 2 heterocycles. The van der Waals surface area contributed by atoms with Gasteiger partial charge in [0.15, 0.2) is 0 Å². The zero-order valence-electron chi connectivity index (χ0n) is 9.33. The largest absolute Gasteiger partial charge is 0.372 e. The Labute approximate surface area is 109 Å². The fraction of sp³-hybridized carbons (Fsp3) is 0.545. The van der Waals surface area contributed by atoms with Crippen LogP contribution in [0.25, 0.3) is 0 Å². The van der Waals surface area contributed by atoms with Crippen molar-refractivity contribution in [3.05, 3.63) is 21.8 Å². The summed E-state index contributed by atoms with van der Waals surface area (Å²) in [6, 6.07) is 1.87. The third kappa shape index (κ3) is 2.67. The van der Waals surface area contributed by atoms with Gasteiger partial charge in [-0.2, -0.15) is 0 Å². The van der Waals surface area contributed by atoms with Crippen molar-refractivity contribution in [1.82, 2.24) is 4.98 Å². The Hall–Kier alpha value is -0.320. The van der Waals surface area contributed by atoms with Gasteiger partial charge < -0.3 is 9.64 Å². The van der Waals surface area contributed by atoms with Gasteiger partial charge in [0.2, 0.25) is 0 Å². The molecule has 0 radical (unpaired) electrons. The second kappa shape index (κ2) is 4.51. The predicted molar refractivity (Wildman–Crippen MR) is 69.2 cm³/mol. The Bertz CT molecular complexity index is 398. The molecule has 16 heavy (non-hydrogen) atoms. The van der Waals surface area contributed by atoms with Crippen molar-refractivity contribution in [2.24, 2.45) is 0 Å². The van der Waals surface area contributed by atoms with Crippen LogP contribution in [0, 0.1) is 0 Å². The van der Waals surface area contributed by atoms with E-state index in [1.54, 1.807) is 6.20 Å². The Balaban J connectivity index is 2.23. The van der Waals surface area contributed by atoms with Crippen molar-refractivity contribution < 1.29 is 4.74 Å². The van der Waals surface area contributed by atoms with Gasteiger partial charge in [0.1, 0.15) is 5.82 Å². The van der Waals surface area contributed by atoms with E-state index in [9.17, 15) is 0 Å². The highest BCUT2D eigenvalue weighted by Gasteiger charge is 2.28. The van der Waals surface area contributed by atoms with Crippen molar-refractivity contribution in [2.45, 2.75) is 19.4 Å². The van der Waals surface area contributed by atoms with Gasteiger partial charge >= 0.3 is 0 Å². The minimum atomic E-state index is -0.126. The molecule has 1 saturated heterocycles. The van der Waals surface area contributed by atoms with Gasteiger partial charge in [0.05, 0.1) is 21.7 Å². The summed E-state index contributed by atoms with van der Waals surface area (Å²) in [5.74, 6) is 0.931. The maximum absolute atomic E-state index is 5.88. The number of halogens is 2. The lowest BCUT2D eigenvalue weighted by Crippen LogP contribution is -2.48. The summed E-state index contributed by atoms with van der Waals surface area (Å²) < 4.78 is 6.60. The van der Waals surface area contributed by atoms with Crippen LogP contribution in [-0.4, -0.2) is 30.3 Å². The Kier molecular flexibility index (Phi) is 3.42. The molecule has 0 saturated carbocycles. The molecule has 1 aliphatic heterocycles. The van der Waals surface area contributed by atoms with Crippen molar-refractivity contribution in [1.29, 1.82) is 0 Å². The van der Waals surface area contributed by atoms with Crippen LogP contribution in [0.1, 0.15) is 13.8 Å². The number of pyridine rings is 1. The lowest BCUT2D eigenvalue weighted by Gasteiger charge is -2.39. The third-order valence-electron chi connectivity index (χ3n) is 2.51. The van der Waals surface area contributed by atoms with E-state index in [0.29, 0.717) is 5.02 Å². The number of hydrogen-bond donors (Lipinski definition) is 0. The lowest BCUT2D eigenvalue weighted by atomic mass is 10.1. The number of nitrogens with zero attached hydrogens (tertiary/aromatic N) is 2. The molecular formula is C11H14BrClN2O. The van der Waals surface area contributed by atoms with Crippen LogP contribution in [0.3, 0.4) is 0 Å². The SMILES string of the molecule is CC1(C)CN(c2ncc(Cl)cc2Br)CCO1. The summed E-state index contributed by atoms with van der Waals surface area (Å²) in [6.07, 6.45) is 1.67. The molecule has 2 rings (SSSR count). The fourth-order valence-electron chi connectivity index (χ4n) is 1.84. The van der Waals surface area contributed by atoms with Gasteiger partial charge in [0.25, 0.3) is 0 Å². The van der Waals surface area contributed by atoms with Gasteiger partial charge in [0, 0.05) is 19.3 Å². The van der Waals surface area contributed by atoms with Crippen LogP contribution in [-0.2, 0) is 4.74 Å². The van der Waals surface area contributed by atoms with Crippen LogP contribution in [0.5, 0.6) is 0 Å². The average Bonchev–Trinajstić information content (AvgIpc) is 2.15. The zero-order chi connectivity index (χ0) is 11.8. The molecule has 0 spiro atoms. The highest BCUT2D eigenvalue weighted by molar-refractivity contribution is 9.10. The zero-order valence-corrected chi connectivity index (χ0v) is 11.7. The van der Waals surface area contributed by atoms with E-state index in [2.05, 4.69) is 39.7 Å². The number of ether oxygens (including phenoxy) is 1. The number of hydrogen-bond acceptors (Lipinski definition) is 3. The molecule has 1 aromatic heterocycles. The van der Waals surface area contributed by atoms with E-state index in [1.165, 1.54) is 0 Å². The summed E-state index contributed by atoms with van der Waals surface area (Å²) in [5.41, 5.74) is -0.126. The second-order valence-electron chi connectivity index (χ2n) is 4.49. The monoisotopic (exact) mass is 304 g/mol. The molecule has 0 N–H and O–H groups in total. The van der Waals surface area contributed by atoms with Crippen LogP contribution in [0.4, 0.5) is 5.82 Å². The Morgan fingerprint density at radius 3 is 2.94 bits per heavy atom. The first-order chi connectivity index (χ1) is 7.48. The first-order valence-corrected chi connectivity index (χ1v) is 6.35. The summed E-state index contributed by atoms with van der Waals surface area (Å²) in [4.78, 5) is 6.57. The maximum Gasteiger partial charge on any atom is 0.143 e. The van der Waals surface area contributed by atoms with E-state index in [-0.39, 0.29) is 5.60 Å². The third-order valence-corrected chi connectivity index (χ3v) is 3.30. The Morgan fingerprint density at radius 1 is 1.56 bits per heavy atom. The molecule has 1 aromatic rings. The van der Waals surface area contributed by atoms with Crippen LogP contribution in [0.2, 0.25) is 5.02 Å². The molecular weight excluding hydrogens is 291 g/mol. The number of anilines is 1. The molecule has 0 atom stereocenters. The van der Waals surface area contributed by atoms with Crippen molar-refractivity contribution in [3.8, 4) is 0 Å². The first-order valence-electron chi connectivity index (χ1n) is 5.18. The summed E-state index contributed by atoms with van der Waals surface area (Å²) in [5, 5.41) is 0.642. The first kappa shape index (κ1) is 12.1. The second-order valence-corrected chi connectivity index (χ2v) is 5.78. The minimum Gasteiger partial charge on any atom is -0.372 e. The molecule has 0 unspecified atom stereocenters. The molecule has 0 amide bonds. The normalized spacial score (nSPS) is 19.9. The smallest absolute Gasteiger partial charge is 0.143 e. The quantitative estimate of drug-likeness (QED) is 0.797. The Morgan fingerprint density at radius 2 is 2.31 bits per heavy atom. The van der Waals surface area contributed by atoms with Crippen molar-refractivity contribution in [2.75, 3.05) is 24.6 Å². The molecule has 0 bridgehead atoms. The average molecular weight is 306 g/mol. The molecule has 1 fully saturated rings. The number of aromatic nitrogens is 1. The molecule has 5 heteroatoms. The highest BCUT2D eigenvalue weighted by atomic mass is 79.9. The van der Waals surface area contributed by atoms with E-state index in [0.717, 1.165) is 30.0 Å². The van der Waals surface area contributed by atoms with Crippen molar-refractivity contribution in [3.63, 3.8) is 0 Å². The lowest BCUT2D eigenvalue weighted by molar-refractivity contribution is -0.0279. The van der Waals surface area contributed by atoms with E-state index < -0.39 is 0 Å². The van der Waals surface area contributed by atoms with Crippen LogP contribution >= 0.6 is 27.5 Å². The topological polar surface area (TPSA) is 25.4 Å². The van der Waals surface area contributed by atoms with Gasteiger partial charge in [-0.15, -0.1) is 0 Å². The van der Waals surface area contributed by atoms with Crippen LogP contribution in [0.15, 0.2) is 16.7 Å². The summed E-state index contributed by atoms with van der Waals surface area (Å²) >= 11 is 9.37. The summed E-state index contributed by atoms with van der Waals surface area (Å²) in [7, 11) is 0. The van der Waals surface area contributed by atoms with Gasteiger partial charge in [-0.05, 0) is 35.8 Å². The maximum atomic E-state index is 5.88. The highest BCUT2D eigenvalue weighted by Crippen LogP contribution is 2.29. The van der Waals surface area contributed by atoms with Gasteiger partial charge in [-0.3, -0.25) is 0 Å². The number of morpholine rings is 1. The fourth-order valence-corrected chi connectivity index (χ4v) is 2.73. The van der Waals surface area contributed by atoms with Gasteiger partial charge in [-0.1, -0.05) is 11.6 Å². The molecule has 0 aromatic carbocycles. The van der Waals surface area contributed by atoms with Gasteiger partial charge in [-0.25, -0.2) is 4.98 Å². The van der Waals surface area contributed by atoms with Crippen molar-refractivity contribution >= 4 is 33.3 Å². The predicted octanol–water partition coefficient (Wildman–Crippen LogP) is 3.11. The molecule has 0 aliphatic carbocycles.